The predicted molar refractivity (Wildman–Crippen MR) is 108 cm³/mol. The second kappa shape index (κ2) is 6.81. The Morgan fingerprint density at radius 2 is 1.74 bits per heavy atom. The zero-order valence-corrected chi connectivity index (χ0v) is 16.3. The second-order valence-electron chi connectivity index (χ2n) is 8.16. The molecule has 1 fully saturated rings. The van der Waals surface area contributed by atoms with E-state index >= 15 is 0 Å². The van der Waals surface area contributed by atoms with Crippen molar-refractivity contribution in [2.75, 3.05) is 36.8 Å². The number of fused-ring (bicyclic) bond motifs is 1. The molecular formula is C20H27N7. The van der Waals surface area contributed by atoms with Crippen molar-refractivity contribution in [2.24, 2.45) is 0 Å². The lowest BCUT2D eigenvalue weighted by Gasteiger charge is -2.35. The van der Waals surface area contributed by atoms with Gasteiger partial charge < -0.3 is 15.0 Å². The lowest BCUT2D eigenvalue weighted by atomic mass is 9.90. The summed E-state index contributed by atoms with van der Waals surface area (Å²) in [5.74, 6) is 0.815. The van der Waals surface area contributed by atoms with Crippen LogP contribution in [0.3, 0.4) is 0 Å². The third-order valence-corrected chi connectivity index (χ3v) is 5.03. The summed E-state index contributed by atoms with van der Waals surface area (Å²) in [5, 5.41) is 0. The molecule has 0 amide bonds. The molecule has 0 spiro atoms. The van der Waals surface area contributed by atoms with Gasteiger partial charge in [0.1, 0.15) is 5.65 Å². The van der Waals surface area contributed by atoms with E-state index in [-0.39, 0.29) is 5.41 Å². The number of hydrogen-bond donors (Lipinski definition) is 1. The Morgan fingerprint density at radius 3 is 2.41 bits per heavy atom. The summed E-state index contributed by atoms with van der Waals surface area (Å²) in [6.45, 7) is 11.3. The Labute approximate surface area is 159 Å². The number of hydrogen-bond acceptors (Lipinski definition) is 6. The Morgan fingerprint density at radius 1 is 1.04 bits per heavy atom. The fourth-order valence-corrected chi connectivity index (χ4v) is 3.63. The van der Waals surface area contributed by atoms with E-state index in [1.165, 1.54) is 5.69 Å². The van der Waals surface area contributed by atoms with E-state index < -0.39 is 0 Å². The van der Waals surface area contributed by atoms with Crippen molar-refractivity contribution in [3.8, 4) is 0 Å². The van der Waals surface area contributed by atoms with Gasteiger partial charge in [-0.3, -0.25) is 4.90 Å². The average molecular weight is 365 g/mol. The summed E-state index contributed by atoms with van der Waals surface area (Å²) in [5.41, 5.74) is 10.1. The molecule has 0 unspecified atom stereocenters. The number of aromatic nitrogens is 4. The molecule has 0 aromatic carbocycles. The molecule has 2 N–H and O–H groups in total. The number of piperazine rings is 1. The van der Waals surface area contributed by atoms with Crippen LogP contribution in [0.2, 0.25) is 0 Å². The SMILES string of the molecule is CC(C)(C)c1nc2ccc(N)cn2c1CN1CCN(c2ncccn2)CC1. The molecule has 1 aliphatic rings. The lowest BCUT2D eigenvalue weighted by Crippen LogP contribution is -2.46. The standard InChI is InChI=1S/C20H27N7/c1-20(2,3)18-16(27-13-15(21)5-6-17(27)24-18)14-25-9-11-26(12-10-25)19-22-7-4-8-23-19/h4-8,13H,9-12,14,21H2,1-3H3. The van der Waals surface area contributed by atoms with Crippen molar-refractivity contribution >= 4 is 17.3 Å². The molecule has 1 saturated heterocycles. The Bertz CT molecular complexity index is 919. The molecule has 0 bridgehead atoms. The van der Waals surface area contributed by atoms with E-state index in [9.17, 15) is 0 Å². The van der Waals surface area contributed by atoms with Gasteiger partial charge >= 0.3 is 0 Å². The number of nitrogens with two attached hydrogens (primary N) is 1. The third kappa shape index (κ3) is 3.60. The summed E-state index contributed by atoms with van der Waals surface area (Å²) in [4.78, 5) is 18.4. The zero-order valence-electron chi connectivity index (χ0n) is 16.3. The van der Waals surface area contributed by atoms with Crippen molar-refractivity contribution in [1.82, 2.24) is 24.3 Å². The molecule has 3 aromatic heterocycles. The van der Waals surface area contributed by atoms with Crippen LogP contribution in [0.4, 0.5) is 11.6 Å². The highest BCUT2D eigenvalue weighted by atomic mass is 15.3. The molecular weight excluding hydrogens is 338 g/mol. The van der Waals surface area contributed by atoms with Crippen molar-refractivity contribution in [1.29, 1.82) is 0 Å². The van der Waals surface area contributed by atoms with E-state index in [0.717, 1.165) is 55.7 Å². The van der Waals surface area contributed by atoms with Crippen LogP contribution in [0.1, 0.15) is 32.2 Å². The first kappa shape index (κ1) is 17.7. The van der Waals surface area contributed by atoms with Crippen LogP contribution < -0.4 is 10.6 Å². The van der Waals surface area contributed by atoms with Gasteiger partial charge in [-0.05, 0) is 18.2 Å². The normalized spacial score (nSPS) is 16.2. The molecule has 4 rings (SSSR count). The van der Waals surface area contributed by atoms with Crippen LogP contribution in [0.15, 0.2) is 36.8 Å². The molecule has 142 valence electrons. The molecule has 1 aliphatic heterocycles. The van der Waals surface area contributed by atoms with Gasteiger partial charge in [0.05, 0.1) is 11.4 Å². The van der Waals surface area contributed by atoms with E-state index in [4.69, 9.17) is 10.7 Å². The second-order valence-corrected chi connectivity index (χ2v) is 8.16. The molecule has 0 aliphatic carbocycles. The summed E-state index contributed by atoms with van der Waals surface area (Å²) in [6.07, 6.45) is 5.58. The van der Waals surface area contributed by atoms with Crippen LogP contribution in [-0.2, 0) is 12.0 Å². The Balaban J connectivity index is 1.56. The minimum absolute atomic E-state index is 0.0180. The van der Waals surface area contributed by atoms with Crippen LogP contribution >= 0.6 is 0 Å². The monoisotopic (exact) mass is 365 g/mol. The number of anilines is 2. The highest BCUT2D eigenvalue weighted by Crippen LogP contribution is 2.28. The quantitative estimate of drug-likeness (QED) is 0.768. The molecule has 7 nitrogen and oxygen atoms in total. The van der Waals surface area contributed by atoms with Crippen LogP contribution in [0, 0.1) is 0 Å². The first-order valence-electron chi connectivity index (χ1n) is 9.43. The van der Waals surface area contributed by atoms with Crippen LogP contribution in [0.5, 0.6) is 0 Å². The minimum atomic E-state index is -0.0180. The topological polar surface area (TPSA) is 75.6 Å². The smallest absolute Gasteiger partial charge is 0.225 e. The van der Waals surface area contributed by atoms with Gasteiger partial charge in [-0.25, -0.2) is 15.0 Å². The van der Waals surface area contributed by atoms with E-state index in [2.05, 4.69) is 44.9 Å². The van der Waals surface area contributed by atoms with Gasteiger partial charge in [-0.2, -0.15) is 0 Å². The maximum absolute atomic E-state index is 6.04. The average Bonchev–Trinajstić information content (AvgIpc) is 3.01. The van der Waals surface area contributed by atoms with E-state index in [1.54, 1.807) is 12.4 Å². The third-order valence-electron chi connectivity index (χ3n) is 5.03. The van der Waals surface area contributed by atoms with Crippen molar-refractivity contribution in [3.63, 3.8) is 0 Å². The predicted octanol–water partition coefficient (Wildman–Crippen LogP) is 2.33. The summed E-state index contributed by atoms with van der Waals surface area (Å²) in [6, 6.07) is 5.76. The molecule has 0 radical (unpaired) electrons. The number of nitrogens with zero attached hydrogens (tertiary/aromatic N) is 6. The molecule has 0 saturated carbocycles. The zero-order chi connectivity index (χ0) is 19.0. The highest BCUT2D eigenvalue weighted by Gasteiger charge is 2.26. The summed E-state index contributed by atoms with van der Waals surface area (Å²) < 4.78 is 2.16. The molecule has 0 atom stereocenters. The Hall–Kier alpha value is -2.67. The maximum Gasteiger partial charge on any atom is 0.225 e. The lowest BCUT2D eigenvalue weighted by molar-refractivity contribution is 0.243. The van der Waals surface area contributed by atoms with E-state index in [1.807, 2.05) is 24.4 Å². The summed E-state index contributed by atoms with van der Waals surface area (Å²) in [7, 11) is 0. The molecule has 4 heterocycles. The van der Waals surface area contributed by atoms with Gasteiger partial charge in [-0.1, -0.05) is 20.8 Å². The number of pyridine rings is 1. The fourth-order valence-electron chi connectivity index (χ4n) is 3.63. The van der Waals surface area contributed by atoms with Gasteiger partial charge in [0, 0.05) is 62.4 Å². The molecule has 27 heavy (non-hydrogen) atoms. The van der Waals surface area contributed by atoms with Gasteiger partial charge in [0.15, 0.2) is 0 Å². The molecule has 7 heteroatoms. The largest absolute Gasteiger partial charge is 0.398 e. The first-order chi connectivity index (χ1) is 12.9. The number of imidazole rings is 1. The van der Waals surface area contributed by atoms with Crippen molar-refractivity contribution in [2.45, 2.75) is 32.7 Å². The van der Waals surface area contributed by atoms with Crippen LogP contribution in [0.25, 0.3) is 5.65 Å². The van der Waals surface area contributed by atoms with Gasteiger partial charge in [-0.15, -0.1) is 0 Å². The van der Waals surface area contributed by atoms with Crippen molar-refractivity contribution in [3.05, 3.63) is 48.2 Å². The number of nitrogen functional groups attached to an aromatic ring is 1. The minimum Gasteiger partial charge on any atom is -0.398 e. The Kier molecular flexibility index (Phi) is 4.47. The summed E-state index contributed by atoms with van der Waals surface area (Å²) >= 11 is 0. The fraction of sp³-hybridized carbons (Fsp3) is 0.450. The van der Waals surface area contributed by atoms with Gasteiger partial charge in [0.25, 0.3) is 0 Å². The van der Waals surface area contributed by atoms with E-state index in [0.29, 0.717) is 0 Å². The highest BCUT2D eigenvalue weighted by molar-refractivity contribution is 5.51. The first-order valence-corrected chi connectivity index (χ1v) is 9.43. The number of rotatable bonds is 3. The van der Waals surface area contributed by atoms with Crippen LogP contribution in [-0.4, -0.2) is 50.4 Å². The van der Waals surface area contributed by atoms with Crippen molar-refractivity contribution < 1.29 is 0 Å². The maximum atomic E-state index is 6.04. The molecule has 3 aromatic rings. The van der Waals surface area contributed by atoms with Gasteiger partial charge in [0.2, 0.25) is 5.95 Å².